The Morgan fingerprint density at radius 3 is 2.67 bits per heavy atom. The van der Waals surface area contributed by atoms with Gasteiger partial charge in [0.2, 0.25) is 0 Å². The molecule has 1 aromatic carbocycles. The molecule has 3 rings (SSSR count). The molecule has 18 heavy (non-hydrogen) atoms. The first-order valence-electron chi connectivity index (χ1n) is 5.96. The SMILES string of the molecule is NC(c1ccc(-c2cc(Cl)ccc2Cl)s1)C1CC1. The lowest BCUT2D eigenvalue weighted by Gasteiger charge is -2.06. The molecule has 1 aromatic heterocycles. The standard InChI is InChI=1S/C14H13Cl2NS/c15-9-3-4-11(16)10(7-9)12-5-6-13(18-12)14(17)8-1-2-8/h3-8,14H,1-2,17H2. The van der Waals surface area contributed by atoms with Gasteiger partial charge in [0.05, 0.1) is 0 Å². The number of halogens is 2. The summed E-state index contributed by atoms with van der Waals surface area (Å²) in [6.45, 7) is 0. The molecule has 1 fully saturated rings. The zero-order chi connectivity index (χ0) is 12.7. The van der Waals surface area contributed by atoms with Crippen molar-refractivity contribution in [1.82, 2.24) is 0 Å². The van der Waals surface area contributed by atoms with E-state index in [0.29, 0.717) is 10.9 Å². The van der Waals surface area contributed by atoms with Crippen molar-refractivity contribution < 1.29 is 0 Å². The molecule has 0 spiro atoms. The Labute approximate surface area is 121 Å². The highest BCUT2D eigenvalue weighted by Gasteiger charge is 2.30. The second-order valence-corrected chi connectivity index (χ2v) is 6.65. The summed E-state index contributed by atoms with van der Waals surface area (Å²) < 4.78 is 0. The molecule has 0 aliphatic heterocycles. The Bertz CT molecular complexity index is 575. The molecule has 1 aliphatic rings. The van der Waals surface area contributed by atoms with Crippen molar-refractivity contribution in [3.8, 4) is 10.4 Å². The molecule has 2 aromatic rings. The third kappa shape index (κ3) is 2.43. The lowest BCUT2D eigenvalue weighted by atomic mass is 10.1. The van der Waals surface area contributed by atoms with Crippen LogP contribution >= 0.6 is 34.5 Å². The maximum absolute atomic E-state index is 6.21. The predicted molar refractivity (Wildman–Crippen MR) is 79.4 cm³/mol. The second kappa shape index (κ2) is 4.86. The molecule has 0 amide bonds. The summed E-state index contributed by atoms with van der Waals surface area (Å²) in [5.41, 5.74) is 7.20. The highest BCUT2D eigenvalue weighted by Crippen LogP contribution is 2.43. The maximum Gasteiger partial charge on any atom is 0.0493 e. The van der Waals surface area contributed by atoms with Crippen molar-refractivity contribution in [2.24, 2.45) is 11.7 Å². The number of rotatable bonds is 3. The molecule has 1 saturated carbocycles. The van der Waals surface area contributed by atoms with Gasteiger partial charge in [0.15, 0.2) is 0 Å². The minimum Gasteiger partial charge on any atom is -0.323 e. The van der Waals surface area contributed by atoms with E-state index < -0.39 is 0 Å². The van der Waals surface area contributed by atoms with Crippen LogP contribution < -0.4 is 5.73 Å². The average molecular weight is 298 g/mol. The maximum atomic E-state index is 6.21. The Morgan fingerprint density at radius 2 is 1.94 bits per heavy atom. The summed E-state index contributed by atoms with van der Waals surface area (Å²) in [5.74, 6) is 0.673. The number of nitrogens with two attached hydrogens (primary N) is 1. The smallest absolute Gasteiger partial charge is 0.0493 e. The Kier molecular flexibility index (Phi) is 3.37. The average Bonchev–Trinajstić information content (AvgIpc) is 3.09. The summed E-state index contributed by atoms with van der Waals surface area (Å²) in [6, 6.07) is 9.92. The van der Waals surface area contributed by atoms with Crippen LogP contribution in [0.3, 0.4) is 0 Å². The Hall–Kier alpha value is -0.540. The summed E-state index contributed by atoms with van der Waals surface area (Å²) >= 11 is 13.9. The van der Waals surface area contributed by atoms with E-state index in [4.69, 9.17) is 28.9 Å². The molecule has 0 saturated heterocycles. The van der Waals surface area contributed by atoms with E-state index in [2.05, 4.69) is 12.1 Å². The Balaban J connectivity index is 1.94. The van der Waals surface area contributed by atoms with Gasteiger partial charge in [0, 0.05) is 31.4 Å². The summed E-state index contributed by atoms with van der Waals surface area (Å²) in [5, 5.41) is 1.43. The fraction of sp³-hybridized carbons (Fsp3) is 0.286. The normalized spacial score (nSPS) is 16.8. The molecule has 0 radical (unpaired) electrons. The van der Waals surface area contributed by atoms with Gasteiger partial charge in [-0.15, -0.1) is 11.3 Å². The van der Waals surface area contributed by atoms with Crippen LogP contribution in [0.25, 0.3) is 10.4 Å². The van der Waals surface area contributed by atoms with E-state index in [1.807, 2.05) is 12.1 Å². The molecule has 1 atom stereocenters. The van der Waals surface area contributed by atoms with Gasteiger partial charge in [0.25, 0.3) is 0 Å². The molecular weight excluding hydrogens is 285 g/mol. The molecule has 1 unspecified atom stereocenters. The minimum atomic E-state index is 0.182. The lowest BCUT2D eigenvalue weighted by Crippen LogP contribution is -2.10. The van der Waals surface area contributed by atoms with Gasteiger partial charge in [0.1, 0.15) is 0 Å². The third-order valence-electron chi connectivity index (χ3n) is 3.28. The molecule has 1 aliphatic carbocycles. The van der Waals surface area contributed by atoms with Crippen LogP contribution in [0.2, 0.25) is 10.0 Å². The molecule has 0 bridgehead atoms. The first kappa shape index (κ1) is 12.5. The van der Waals surface area contributed by atoms with E-state index in [0.717, 1.165) is 15.5 Å². The molecule has 94 valence electrons. The Morgan fingerprint density at radius 1 is 1.17 bits per heavy atom. The van der Waals surface area contributed by atoms with Crippen molar-refractivity contribution in [3.63, 3.8) is 0 Å². The molecule has 4 heteroatoms. The second-order valence-electron chi connectivity index (χ2n) is 4.69. The van der Waals surface area contributed by atoms with Crippen molar-refractivity contribution in [2.45, 2.75) is 18.9 Å². The van der Waals surface area contributed by atoms with Gasteiger partial charge in [-0.2, -0.15) is 0 Å². The van der Waals surface area contributed by atoms with Crippen LogP contribution in [0.15, 0.2) is 30.3 Å². The molecule has 1 heterocycles. The van der Waals surface area contributed by atoms with E-state index >= 15 is 0 Å². The van der Waals surface area contributed by atoms with Gasteiger partial charge in [-0.1, -0.05) is 23.2 Å². The van der Waals surface area contributed by atoms with Crippen LogP contribution in [0, 0.1) is 5.92 Å². The number of hydrogen-bond donors (Lipinski definition) is 1. The van der Waals surface area contributed by atoms with Gasteiger partial charge in [-0.25, -0.2) is 0 Å². The third-order valence-corrected chi connectivity index (χ3v) is 5.06. The zero-order valence-corrected chi connectivity index (χ0v) is 12.0. The largest absolute Gasteiger partial charge is 0.323 e. The highest BCUT2D eigenvalue weighted by atomic mass is 35.5. The minimum absolute atomic E-state index is 0.182. The zero-order valence-electron chi connectivity index (χ0n) is 9.70. The fourth-order valence-corrected chi connectivity index (χ4v) is 3.63. The van der Waals surface area contributed by atoms with Crippen LogP contribution in [0.5, 0.6) is 0 Å². The monoisotopic (exact) mass is 297 g/mol. The van der Waals surface area contributed by atoms with Gasteiger partial charge in [-0.3, -0.25) is 0 Å². The van der Waals surface area contributed by atoms with E-state index in [-0.39, 0.29) is 6.04 Å². The highest BCUT2D eigenvalue weighted by molar-refractivity contribution is 7.15. The quantitative estimate of drug-likeness (QED) is 0.835. The van der Waals surface area contributed by atoms with Crippen LogP contribution in [-0.2, 0) is 0 Å². The lowest BCUT2D eigenvalue weighted by molar-refractivity contribution is 0.645. The molecular formula is C14H13Cl2NS. The summed E-state index contributed by atoms with van der Waals surface area (Å²) in [4.78, 5) is 2.37. The van der Waals surface area contributed by atoms with Crippen molar-refractivity contribution in [3.05, 3.63) is 45.3 Å². The van der Waals surface area contributed by atoms with Crippen molar-refractivity contribution in [1.29, 1.82) is 0 Å². The van der Waals surface area contributed by atoms with Gasteiger partial charge in [-0.05, 0) is 49.1 Å². The molecule has 2 N–H and O–H groups in total. The van der Waals surface area contributed by atoms with Crippen molar-refractivity contribution in [2.75, 3.05) is 0 Å². The van der Waals surface area contributed by atoms with Crippen LogP contribution in [0.1, 0.15) is 23.8 Å². The first-order valence-corrected chi connectivity index (χ1v) is 7.53. The van der Waals surface area contributed by atoms with Crippen molar-refractivity contribution >= 4 is 34.5 Å². The van der Waals surface area contributed by atoms with E-state index in [9.17, 15) is 0 Å². The molecule has 1 nitrogen and oxygen atoms in total. The van der Waals surface area contributed by atoms with E-state index in [1.54, 1.807) is 17.4 Å². The number of benzene rings is 1. The van der Waals surface area contributed by atoms with Gasteiger partial charge >= 0.3 is 0 Å². The number of hydrogen-bond acceptors (Lipinski definition) is 2. The van der Waals surface area contributed by atoms with Crippen LogP contribution in [-0.4, -0.2) is 0 Å². The van der Waals surface area contributed by atoms with E-state index in [1.165, 1.54) is 17.7 Å². The van der Waals surface area contributed by atoms with Gasteiger partial charge < -0.3 is 5.73 Å². The topological polar surface area (TPSA) is 26.0 Å². The number of thiophene rings is 1. The summed E-state index contributed by atoms with van der Waals surface area (Å²) in [7, 11) is 0. The first-order chi connectivity index (χ1) is 8.65. The van der Waals surface area contributed by atoms with Crippen LogP contribution in [0.4, 0.5) is 0 Å². The summed E-state index contributed by atoms with van der Waals surface area (Å²) in [6.07, 6.45) is 2.51. The fourth-order valence-electron chi connectivity index (χ4n) is 2.05. The predicted octanol–water partition coefficient (Wildman–Crippen LogP) is 5.13.